The maximum Gasteiger partial charge on any atom is 0.316 e. The maximum absolute atomic E-state index is 5.99. The molecule has 1 aromatic rings. The zero-order valence-corrected chi connectivity index (χ0v) is 13.9. The Labute approximate surface area is 128 Å². The maximum atomic E-state index is 5.99. The van der Waals surface area contributed by atoms with Gasteiger partial charge < -0.3 is 10.1 Å². The summed E-state index contributed by atoms with van der Waals surface area (Å²) in [5.41, 5.74) is 2.17. The quantitative estimate of drug-likeness (QED) is 0.815. The molecule has 0 amide bonds. The summed E-state index contributed by atoms with van der Waals surface area (Å²) in [6, 6.07) is 0.540. The van der Waals surface area contributed by atoms with Crippen molar-refractivity contribution >= 4 is 0 Å². The summed E-state index contributed by atoms with van der Waals surface area (Å²) in [7, 11) is 0. The fraction of sp³-hybridized carbons (Fsp3) is 0.765. The van der Waals surface area contributed by atoms with Gasteiger partial charge in [-0.3, -0.25) is 0 Å². The number of hydrogen-bond donors (Lipinski definition) is 1. The van der Waals surface area contributed by atoms with E-state index in [1.54, 1.807) is 0 Å². The first kappa shape index (κ1) is 16.2. The zero-order valence-electron chi connectivity index (χ0n) is 13.9. The highest BCUT2D eigenvalue weighted by Crippen LogP contribution is 2.31. The molecule has 0 aliphatic heterocycles. The Hall–Kier alpha value is -1.16. The number of rotatable bonds is 6. The smallest absolute Gasteiger partial charge is 0.316 e. The van der Waals surface area contributed by atoms with E-state index in [4.69, 9.17) is 4.74 Å². The van der Waals surface area contributed by atoms with Gasteiger partial charge in [0.2, 0.25) is 0 Å². The predicted octanol–water partition coefficient (Wildman–Crippen LogP) is 3.49. The van der Waals surface area contributed by atoms with Gasteiger partial charge in [-0.1, -0.05) is 20.8 Å². The largest absolute Gasteiger partial charge is 0.460 e. The van der Waals surface area contributed by atoms with Crippen molar-refractivity contribution in [1.29, 1.82) is 0 Å². The summed E-state index contributed by atoms with van der Waals surface area (Å²) in [5, 5.41) is 3.38. The highest BCUT2D eigenvalue weighted by atomic mass is 16.5. The molecule has 0 bridgehead atoms. The number of aryl methyl sites for hydroxylation is 1. The van der Waals surface area contributed by atoms with E-state index < -0.39 is 0 Å². The minimum Gasteiger partial charge on any atom is -0.460 e. The minimum atomic E-state index is 0.277. The normalized spacial score (nSPS) is 25.8. The zero-order chi connectivity index (χ0) is 15.2. The minimum absolute atomic E-state index is 0.277. The molecule has 118 valence electrons. The van der Waals surface area contributed by atoms with E-state index in [-0.39, 0.29) is 6.10 Å². The molecule has 1 aliphatic rings. The van der Waals surface area contributed by atoms with E-state index in [9.17, 15) is 0 Å². The number of nitrogens with zero attached hydrogens (tertiary/aromatic N) is 2. The van der Waals surface area contributed by atoms with Crippen molar-refractivity contribution in [3.05, 3.63) is 17.5 Å². The Morgan fingerprint density at radius 1 is 1.29 bits per heavy atom. The monoisotopic (exact) mass is 291 g/mol. The van der Waals surface area contributed by atoms with Gasteiger partial charge in [-0.15, -0.1) is 0 Å². The number of aromatic nitrogens is 2. The molecule has 0 aromatic carbocycles. The summed E-state index contributed by atoms with van der Waals surface area (Å²) in [6.07, 6.45) is 6.79. The second-order valence-corrected chi connectivity index (χ2v) is 6.45. The highest BCUT2D eigenvalue weighted by molar-refractivity contribution is 5.17. The molecule has 2 rings (SSSR count). The average molecular weight is 291 g/mol. The van der Waals surface area contributed by atoms with Crippen LogP contribution in [0.25, 0.3) is 0 Å². The second kappa shape index (κ2) is 7.74. The van der Waals surface area contributed by atoms with E-state index in [0.717, 1.165) is 55.4 Å². The standard InChI is InChI=1S/C17H29N3O/c1-5-8-18-10-15-11-19-17(20-14(15)4)21-16-7-6-12(2)13(3)9-16/h11-13,16,18H,5-10H2,1-4H3. The van der Waals surface area contributed by atoms with Crippen LogP contribution in [0, 0.1) is 18.8 Å². The Morgan fingerprint density at radius 2 is 2.10 bits per heavy atom. The average Bonchev–Trinajstić information content (AvgIpc) is 2.45. The molecular weight excluding hydrogens is 262 g/mol. The molecule has 4 heteroatoms. The van der Waals surface area contributed by atoms with Gasteiger partial charge in [-0.2, -0.15) is 0 Å². The summed E-state index contributed by atoms with van der Waals surface area (Å²) in [4.78, 5) is 8.90. The number of nitrogens with one attached hydrogen (secondary N) is 1. The van der Waals surface area contributed by atoms with E-state index in [0.29, 0.717) is 6.01 Å². The van der Waals surface area contributed by atoms with Crippen LogP contribution in [0.15, 0.2) is 6.20 Å². The molecule has 1 fully saturated rings. The molecule has 1 saturated carbocycles. The van der Waals surface area contributed by atoms with Crippen molar-refractivity contribution in [2.45, 2.75) is 66.0 Å². The lowest BCUT2D eigenvalue weighted by molar-refractivity contribution is 0.0916. The Kier molecular flexibility index (Phi) is 5.97. The molecular formula is C17H29N3O. The van der Waals surface area contributed by atoms with Gasteiger partial charge in [0.25, 0.3) is 0 Å². The molecule has 1 N–H and O–H groups in total. The first-order valence-corrected chi connectivity index (χ1v) is 8.30. The van der Waals surface area contributed by atoms with Crippen molar-refractivity contribution in [1.82, 2.24) is 15.3 Å². The van der Waals surface area contributed by atoms with Gasteiger partial charge in [0.05, 0.1) is 0 Å². The van der Waals surface area contributed by atoms with Crippen molar-refractivity contribution < 1.29 is 4.74 Å². The van der Waals surface area contributed by atoms with Crippen LogP contribution in [-0.2, 0) is 6.54 Å². The van der Waals surface area contributed by atoms with Crippen LogP contribution in [0.5, 0.6) is 6.01 Å². The molecule has 3 atom stereocenters. The fourth-order valence-corrected chi connectivity index (χ4v) is 2.86. The van der Waals surface area contributed by atoms with Crippen LogP contribution < -0.4 is 10.1 Å². The lowest BCUT2D eigenvalue weighted by Crippen LogP contribution is -2.29. The van der Waals surface area contributed by atoms with Crippen molar-refractivity contribution in [3.63, 3.8) is 0 Å². The number of ether oxygens (including phenoxy) is 1. The third-order valence-corrected chi connectivity index (χ3v) is 4.62. The first-order valence-electron chi connectivity index (χ1n) is 8.30. The van der Waals surface area contributed by atoms with Crippen LogP contribution in [-0.4, -0.2) is 22.6 Å². The highest BCUT2D eigenvalue weighted by Gasteiger charge is 2.26. The van der Waals surface area contributed by atoms with Gasteiger partial charge in [-0.05, 0) is 51.0 Å². The van der Waals surface area contributed by atoms with Crippen molar-refractivity contribution in [2.75, 3.05) is 6.54 Å². The molecule has 0 saturated heterocycles. The fourth-order valence-electron chi connectivity index (χ4n) is 2.86. The number of hydrogen-bond acceptors (Lipinski definition) is 4. The van der Waals surface area contributed by atoms with E-state index >= 15 is 0 Å². The van der Waals surface area contributed by atoms with Crippen LogP contribution >= 0.6 is 0 Å². The second-order valence-electron chi connectivity index (χ2n) is 6.45. The van der Waals surface area contributed by atoms with Crippen molar-refractivity contribution in [3.8, 4) is 6.01 Å². The van der Waals surface area contributed by atoms with Crippen molar-refractivity contribution in [2.24, 2.45) is 11.8 Å². The molecule has 1 heterocycles. The molecule has 0 spiro atoms. The molecule has 3 unspecified atom stereocenters. The topological polar surface area (TPSA) is 47.0 Å². The summed E-state index contributed by atoms with van der Waals surface area (Å²) >= 11 is 0. The summed E-state index contributed by atoms with van der Waals surface area (Å²) in [6.45, 7) is 10.7. The van der Waals surface area contributed by atoms with Gasteiger partial charge in [0.1, 0.15) is 6.10 Å². The molecule has 0 radical (unpaired) electrons. The van der Waals surface area contributed by atoms with Gasteiger partial charge in [0, 0.05) is 24.0 Å². The van der Waals surface area contributed by atoms with Crippen LogP contribution in [0.3, 0.4) is 0 Å². The first-order chi connectivity index (χ1) is 10.1. The lowest BCUT2D eigenvalue weighted by Gasteiger charge is -2.31. The predicted molar refractivity (Wildman–Crippen MR) is 85.4 cm³/mol. The summed E-state index contributed by atoms with van der Waals surface area (Å²) in [5.74, 6) is 1.53. The van der Waals surface area contributed by atoms with Crippen LogP contribution in [0.1, 0.15) is 57.7 Å². The van der Waals surface area contributed by atoms with Crippen LogP contribution in [0.4, 0.5) is 0 Å². The van der Waals surface area contributed by atoms with E-state index in [1.807, 2.05) is 13.1 Å². The lowest BCUT2D eigenvalue weighted by atomic mass is 9.80. The van der Waals surface area contributed by atoms with Gasteiger partial charge >= 0.3 is 6.01 Å². The molecule has 4 nitrogen and oxygen atoms in total. The van der Waals surface area contributed by atoms with Crippen LogP contribution in [0.2, 0.25) is 0 Å². The third kappa shape index (κ3) is 4.67. The molecule has 1 aromatic heterocycles. The Morgan fingerprint density at radius 3 is 2.76 bits per heavy atom. The third-order valence-electron chi connectivity index (χ3n) is 4.62. The van der Waals surface area contributed by atoms with Gasteiger partial charge in [-0.25, -0.2) is 9.97 Å². The van der Waals surface area contributed by atoms with E-state index in [2.05, 4.69) is 36.1 Å². The molecule has 1 aliphatic carbocycles. The SMILES string of the molecule is CCCNCc1cnc(OC2CCC(C)C(C)C2)nc1C. The summed E-state index contributed by atoms with van der Waals surface area (Å²) < 4.78 is 5.99. The Bertz CT molecular complexity index is 450. The van der Waals surface area contributed by atoms with E-state index in [1.165, 1.54) is 6.42 Å². The molecule has 21 heavy (non-hydrogen) atoms. The van der Waals surface area contributed by atoms with Gasteiger partial charge in [0.15, 0.2) is 0 Å². The Balaban J connectivity index is 1.91.